The zero-order valence-electron chi connectivity index (χ0n) is 14.4. The van der Waals surface area contributed by atoms with Gasteiger partial charge in [-0.1, -0.05) is 44.2 Å². The topological polar surface area (TPSA) is 56.4 Å². The van der Waals surface area contributed by atoms with Gasteiger partial charge in [0.15, 0.2) is 0 Å². The molecule has 0 amide bonds. The van der Waals surface area contributed by atoms with E-state index in [9.17, 15) is 5.11 Å². The van der Waals surface area contributed by atoms with E-state index in [1.54, 1.807) is 0 Å². The molecule has 3 nitrogen and oxygen atoms in total. The first-order chi connectivity index (χ1) is 10.8. The van der Waals surface area contributed by atoms with E-state index < -0.39 is 5.60 Å². The molecule has 2 fully saturated rings. The van der Waals surface area contributed by atoms with Crippen LogP contribution >= 0.6 is 0 Å². The smallest absolute Gasteiger partial charge is 0.107 e. The lowest BCUT2D eigenvalue weighted by Gasteiger charge is -2.56. The third-order valence-corrected chi connectivity index (χ3v) is 7.92. The maximum atomic E-state index is 10.9. The average Bonchev–Trinajstić information content (AvgIpc) is 2.77. The van der Waals surface area contributed by atoms with Crippen LogP contribution < -0.4 is 0 Å². The Bertz CT molecular complexity index is 632. The van der Waals surface area contributed by atoms with E-state index in [2.05, 4.69) is 49.3 Å². The second kappa shape index (κ2) is 4.66. The average molecular weight is 312 g/mol. The summed E-state index contributed by atoms with van der Waals surface area (Å²) in [5.74, 6) is 1.74. The van der Waals surface area contributed by atoms with Crippen molar-refractivity contribution in [3.63, 3.8) is 0 Å². The molecule has 0 spiro atoms. The van der Waals surface area contributed by atoms with Gasteiger partial charge in [-0.15, -0.1) is 0 Å². The summed E-state index contributed by atoms with van der Waals surface area (Å²) in [5, 5.41) is 14.6. The van der Waals surface area contributed by atoms with E-state index in [1.807, 2.05) is 6.92 Å². The maximum Gasteiger partial charge on any atom is 0.107 e. The number of hydrogen-bond acceptors (Lipinski definition) is 3. The molecule has 4 aliphatic carbocycles. The van der Waals surface area contributed by atoms with E-state index in [0.717, 1.165) is 19.3 Å². The first kappa shape index (κ1) is 15.3. The quantitative estimate of drug-likeness (QED) is 0.537. The fourth-order valence-corrected chi connectivity index (χ4v) is 6.09. The number of hydrogen-bond donors (Lipinski definition) is 2. The van der Waals surface area contributed by atoms with Gasteiger partial charge >= 0.3 is 0 Å². The highest BCUT2D eigenvalue weighted by Crippen LogP contribution is 2.65. The van der Waals surface area contributed by atoms with Gasteiger partial charge in [-0.2, -0.15) is 5.11 Å². The van der Waals surface area contributed by atoms with Crippen LogP contribution in [0.3, 0.4) is 0 Å². The van der Waals surface area contributed by atoms with Crippen LogP contribution in [0.4, 0.5) is 0 Å². The largest absolute Gasteiger partial charge is 0.390 e. The van der Waals surface area contributed by atoms with Crippen molar-refractivity contribution in [1.82, 2.24) is 0 Å². The molecule has 0 heterocycles. The van der Waals surface area contributed by atoms with E-state index in [-0.39, 0.29) is 16.9 Å². The van der Waals surface area contributed by atoms with Gasteiger partial charge in [-0.25, -0.2) is 5.53 Å². The van der Waals surface area contributed by atoms with Gasteiger partial charge in [-0.05, 0) is 61.3 Å². The zero-order chi connectivity index (χ0) is 16.5. The fourth-order valence-electron chi connectivity index (χ4n) is 6.09. The Balaban J connectivity index is 1.74. The molecule has 4 unspecified atom stereocenters. The molecule has 3 heteroatoms. The molecular weight excluding hydrogens is 284 g/mol. The number of nitrogens with zero attached hydrogens (tertiary/aromatic N) is 1. The first-order valence-corrected chi connectivity index (χ1v) is 9.01. The van der Waals surface area contributed by atoms with E-state index in [0.29, 0.717) is 17.8 Å². The van der Waals surface area contributed by atoms with Gasteiger partial charge in [0.25, 0.3) is 0 Å². The number of nitrogens with one attached hydrogen (secondary N) is 1. The fraction of sp³-hybridized carbons (Fsp3) is 0.700. The molecule has 2 N–H and O–H groups in total. The minimum absolute atomic E-state index is 0.0491. The molecular formula is C20H28N2O. The summed E-state index contributed by atoms with van der Waals surface area (Å²) in [6, 6.07) is -0.0969. The van der Waals surface area contributed by atoms with E-state index in [1.165, 1.54) is 12.0 Å². The molecule has 0 aromatic heterocycles. The monoisotopic (exact) mass is 312 g/mol. The van der Waals surface area contributed by atoms with Crippen molar-refractivity contribution in [2.45, 2.75) is 58.1 Å². The Morgan fingerprint density at radius 1 is 1.13 bits per heavy atom. The number of aliphatic hydroxyl groups is 1. The third-order valence-electron chi connectivity index (χ3n) is 7.92. The van der Waals surface area contributed by atoms with Crippen LogP contribution in [0.25, 0.3) is 0 Å². The van der Waals surface area contributed by atoms with E-state index in [4.69, 9.17) is 5.53 Å². The van der Waals surface area contributed by atoms with Gasteiger partial charge in [0.05, 0.1) is 5.60 Å². The summed E-state index contributed by atoms with van der Waals surface area (Å²) in [6.45, 7) is 6.72. The number of allylic oxidation sites excluding steroid dienone is 4. The molecule has 4 rings (SSSR count). The molecule has 124 valence electrons. The second-order valence-electron chi connectivity index (χ2n) is 8.80. The predicted molar refractivity (Wildman–Crippen MR) is 91.1 cm³/mol. The Kier molecular flexibility index (Phi) is 3.10. The summed E-state index contributed by atoms with van der Waals surface area (Å²) < 4.78 is 0. The predicted octanol–water partition coefficient (Wildman–Crippen LogP) is 4.65. The highest BCUT2D eigenvalue weighted by molar-refractivity contribution is 5.42. The van der Waals surface area contributed by atoms with Crippen molar-refractivity contribution in [3.05, 3.63) is 36.0 Å². The SMILES string of the molecule is C[C@]12C=CC(N=N)C=C1C=CC1C2CC[C@@]2(C)C1CC[C@]2(C)O. The van der Waals surface area contributed by atoms with Gasteiger partial charge in [-0.3, -0.25) is 0 Å². The van der Waals surface area contributed by atoms with Crippen LogP contribution in [0, 0.1) is 34.1 Å². The van der Waals surface area contributed by atoms with Crippen molar-refractivity contribution in [2.24, 2.45) is 33.7 Å². The van der Waals surface area contributed by atoms with Crippen LogP contribution in [0.2, 0.25) is 0 Å². The highest BCUT2D eigenvalue weighted by atomic mass is 16.3. The van der Waals surface area contributed by atoms with Crippen molar-refractivity contribution in [3.8, 4) is 0 Å². The Labute approximate surface area is 139 Å². The number of rotatable bonds is 1. The minimum Gasteiger partial charge on any atom is -0.390 e. The molecule has 0 bridgehead atoms. The molecule has 7 atom stereocenters. The summed E-state index contributed by atoms with van der Waals surface area (Å²) in [7, 11) is 0. The van der Waals surface area contributed by atoms with Crippen LogP contribution in [0.5, 0.6) is 0 Å². The van der Waals surface area contributed by atoms with Gasteiger partial charge in [0.2, 0.25) is 0 Å². The van der Waals surface area contributed by atoms with Crippen molar-refractivity contribution in [1.29, 1.82) is 5.53 Å². The van der Waals surface area contributed by atoms with Crippen LogP contribution in [-0.4, -0.2) is 16.7 Å². The Morgan fingerprint density at radius 2 is 1.87 bits per heavy atom. The maximum absolute atomic E-state index is 10.9. The molecule has 2 saturated carbocycles. The summed E-state index contributed by atoms with van der Waals surface area (Å²) >= 11 is 0. The standard InChI is InChI=1S/C20H28N2O/c1-18-9-6-14(22-21)12-13(18)4-5-15-16(18)7-10-19(2)17(15)8-11-20(19,3)23/h4-6,9,12,14-17,21,23H,7-8,10-11H2,1-3H3/t14?,15?,16?,17?,18-,19-,20-/m0/s1. The molecule has 4 aliphatic rings. The zero-order valence-corrected chi connectivity index (χ0v) is 14.4. The lowest BCUT2D eigenvalue weighted by Crippen LogP contribution is -2.52. The molecule has 0 aromatic carbocycles. The molecule has 0 aliphatic heterocycles. The van der Waals surface area contributed by atoms with Crippen LogP contribution in [0.15, 0.2) is 41.1 Å². The number of fused-ring (bicyclic) bond motifs is 5. The normalized spacial score (nSPS) is 54.0. The lowest BCUT2D eigenvalue weighted by molar-refractivity contribution is -0.0977. The third kappa shape index (κ3) is 1.86. The Hall–Kier alpha value is -1.22. The van der Waals surface area contributed by atoms with Crippen LogP contribution in [0.1, 0.15) is 46.5 Å². The Morgan fingerprint density at radius 3 is 2.61 bits per heavy atom. The highest BCUT2D eigenvalue weighted by Gasteiger charge is 2.61. The molecule has 0 aromatic rings. The van der Waals surface area contributed by atoms with Gasteiger partial charge < -0.3 is 5.11 Å². The van der Waals surface area contributed by atoms with Crippen molar-refractivity contribution >= 4 is 0 Å². The summed E-state index contributed by atoms with van der Waals surface area (Å²) in [4.78, 5) is 0. The minimum atomic E-state index is -0.523. The van der Waals surface area contributed by atoms with Gasteiger partial charge in [0.1, 0.15) is 6.04 Å². The van der Waals surface area contributed by atoms with Crippen LogP contribution in [-0.2, 0) is 0 Å². The van der Waals surface area contributed by atoms with Gasteiger partial charge in [0, 0.05) is 5.41 Å². The first-order valence-electron chi connectivity index (χ1n) is 9.01. The lowest BCUT2D eigenvalue weighted by atomic mass is 9.49. The van der Waals surface area contributed by atoms with Crippen molar-refractivity contribution in [2.75, 3.05) is 0 Å². The van der Waals surface area contributed by atoms with Crippen molar-refractivity contribution < 1.29 is 5.11 Å². The molecule has 0 radical (unpaired) electrons. The summed E-state index contributed by atoms with van der Waals surface area (Å²) in [5.41, 5.74) is 8.21. The summed E-state index contributed by atoms with van der Waals surface area (Å²) in [6.07, 6.45) is 15.6. The molecule has 23 heavy (non-hydrogen) atoms. The second-order valence-corrected chi connectivity index (χ2v) is 8.80. The molecule has 0 saturated heterocycles. The van der Waals surface area contributed by atoms with E-state index >= 15 is 0 Å².